The number of ether oxygens (including phenoxy) is 1. The highest BCUT2D eigenvalue weighted by Gasteiger charge is 2.42. The standard InChI is InChI=1S/C14H18ClN3O4/c1-14(12(19)20)4-7-18(9-14)13(21)17-6-8-22-11-10(15)3-2-5-16-11/h2-3,5H,4,6-9H2,1H3,(H,17,21)(H,19,20). The van der Waals surface area contributed by atoms with E-state index in [9.17, 15) is 9.59 Å². The van der Waals surface area contributed by atoms with Gasteiger partial charge < -0.3 is 20.1 Å². The van der Waals surface area contributed by atoms with E-state index in [1.165, 1.54) is 4.90 Å². The summed E-state index contributed by atoms with van der Waals surface area (Å²) < 4.78 is 5.36. The summed E-state index contributed by atoms with van der Waals surface area (Å²) in [5, 5.41) is 12.2. The zero-order chi connectivity index (χ0) is 16.2. The first-order chi connectivity index (χ1) is 10.4. The molecule has 1 saturated heterocycles. The molecule has 2 heterocycles. The van der Waals surface area contributed by atoms with Crippen LogP contribution in [0.2, 0.25) is 5.02 Å². The highest BCUT2D eigenvalue weighted by Crippen LogP contribution is 2.29. The summed E-state index contributed by atoms with van der Waals surface area (Å²) in [6, 6.07) is 3.07. The maximum Gasteiger partial charge on any atom is 0.317 e. The Morgan fingerprint density at radius 1 is 1.59 bits per heavy atom. The van der Waals surface area contributed by atoms with Crippen molar-refractivity contribution in [2.45, 2.75) is 13.3 Å². The van der Waals surface area contributed by atoms with Crippen LogP contribution < -0.4 is 10.1 Å². The molecule has 1 aromatic rings. The molecule has 1 aliphatic heterocycles. The fourth-order valence-electron chi connectivity index (χ4n) is 2.20. The number of rotatable bonds is 5. The summed E-state index contributed by atoms with van der Waals surface area (Å²) in [6.45, 7) is 2.80. The van der Waals surface area contributed by atoms with Gasteiger partial charge in [0.25, 0.3) is 0 Å². The monoisotopic (exact) mass is 327 g/mol. The minimum atomic E-state index is -0.879. The van der Waals surface area contributed by atoms with Crippen LogP contribution in [0, 0.1) is 5.41 Å². The number of carboxylic acids is 1. The van der Waals surface area contributed by atoms with E-state index in [4.69, 9.17) is 21.4 Å². The Morgan fingerprint density at radius 3 is 3.00 bits per heavy atom. The van der Waals surface area contributed by atoms with Crippen molar-refractivity contribution in [3.8, 4) is 5.88 Å². The third-order valence-corrected chi connectivity index (χ3v) is 3.91. The Balaban J connectivity index is 1.73. The molecule has 1 fully saturated rings. The molecule has 0 aliphatic carbocycles. The molecule has 0 aromatic carbocycles. The van der Waals surface area contributed by atoms with E-state index < -0.39 is 11.4 Å². The predicted molar refractivity (Wildman–Crippen MR) is 80.1 cm³/mol. The third-order valence-electron chi connectivity index (χ3n) is 3.62. The van der Waals surface area contributed by atoms with Gasteiger partial charge in [0.1, 0.15) is 11.6 Å². The molecule has 120 valence electrons. The van der Waals surface area contributed by atoms with Crippen LogP contribution in [-0.2, 0) is 4.79 Å². The maximum atomic E-state index is 12.0. The number of pyridine rings is 1. The van der Waals surface area contributed by atoms with Gasteiger partial charge in [-0.3, -0.25) is 4.79 Å². The smallest absolute Gasteiger partial charge is 0.317 e. The molecule has 0 spiro atoms. The number of aromatic nitrogens is 1. The number of urea groups is 1. The second kappa shape index (κ2) is 6.83. The number of likely N-dealkylation sites (tertiary alicyclic amines) is 1. The van der Waals surface area contributed by atoms with Crippen molar-refractivity contribution in [2.24, 2.45) is 5.41 Å². The first-order valence-corrected chi connectivity index (χ1v) is 7.30. The van der Waals surface area contributed by atoms with Crippen LogP contribution in [0.4, 0.5) is 4.79 Å². The summed E-state index contributed by atoms with van der Waals surface area (Å²) in [5.41, 5.74) is -0.866. The van der Waals surface area contributed by atoms with Gasteiger partial charge in [0.2, 0.25) is 5.88 Å². The average Bonchev–Trinajstić information content (AvgIpc) is 2.89. The van der Waals surface area contributed by atoms with Crippen LogP contribution in [-0.4, -0.2) is 53.2 Å². The molecule has 0 radical (unpaired) electrons. The number of aliphatic carboxylic acids is 1. The Hall–Kier alpha value is -2.02. The Kier molecular flexibility index (Phi) is 5.07. The van der Waals surface area contributed by atoms with Crippen LogP contribution >= 0.6 is 11.6 Å². The number of carbonyl (C=O) groups excluding carboxylic acids is 1. The lowest BCUT2D eigenvalue weighted by Crippen LogP contribution is -2.42. The SMILES string of the molecule is CC1(C(=O)O)CCN(C(=O)NCCOc2ncccc2Cl)C1. The van der Waals surface area contributed by atoms with Crippen molar-refractivity contribution in [3.63, 3.8) is 0 Å². The second-order valence-corrected chi connectivity index (χ2v) is 5.82. The molecule has 2 amide bonds. The van der Waals surface area contributed by atoms with Gasteiger partial charge in [-0.2, -0.15) is 0 Å². The molecular weight excluding hydrogens is 310 g/mol. The molecule has 2 N–H and O–H groups in total. The summed E-state index contributed by atoms with van der Waals surface area (Å²) in [6.07, 6.45) is 2.02. The van der Waals surface area contributed by atoms with Gasteiger partial charge >= 0.3 is 12.0 Å². The van der Waals surface area contributed by atoms with Crippen LogP contribution in [0.5, 0.6) is 5.88 Å². The quantitative estimate of drug-likeness (QED) is 0.802. The summed E-state index contributed by atoms with van der Waals surface area (Å²) in [7, 11) is 0. The third kappa shape index (κ3) is 3.79. The minimum absolute atomic E-state index is 0.209. The van der Waals surface area contributed by atoms with E-state index in [2.05, 4.69) is 10.3 Å². The molecule has 1 aromatic heterocycles. The Morgan fingerprint density at radius 2 is 2.36 bits per heavy atom. The van der Waals surface area contributed by atoms with Crippen molar-refractivity contribution < 1.29 is 19.4 Å². The normalized spacial score (nSPS) is 20.7. The molecule has 2 rings (SSSR count). The fraction of sp³-hybridized carbons (Fsp3) is 0.500. The first-order valence-electron chi connectivity index (χ1n) is 6.92. The highest BCUT2D eigenvalue weighted by molar-refractivity contribution is 6.31. The molecule has 0 saturated carbocycles. The van der Waals surface area contributed by atoms with Crippen molar-refractivity contribution in [2.75, 3.05) is 26.2 Å². The van der Waals surface area contributed by atoms with E-state index in [-0.39, 0.29) is 25.7 Å². The van der Waals surface area contributed by atoms with Gasteiger partial charge in [-0.05, 0) is 25.5 Å². The number of amides is 2. The zero-order valence-corrected chi connectivity index (χ0v) is 13.0. The number of carbonyl (C=O) groups is 2. The molecule has 1 unspecified atom stereocenters. The largest absolute Gasteiger partial charge is 0.481 e. The van der Waals surface area contributed by atoms with Crippen molar-refractivity contribution >= 4 is 23.6 Å². The van der Waals surface area contributed by atoms with Gasteiger partial charge in [0.05, 0.1) is 12.0 Å². The topological polar surface area (TPSA) is 91.8 Å². The molecule has 22 heavy (non-hydrogen) atoms. The molecule has 1 atom stereocenters. The second-order valence-electron chi connectivity index (χ2n) is 5.41. The fourth-order valence-corrected chi connectivity index (χ4v) is 2.38. The van der Waals surface area contributed by atoms with Crippen LogP contribution in [0.15, 0.2) is 18.3 Å². The molecule has 7 nitrogen and oxygen atoms in total. The molecule has 0 bridgehead atoms. The first kappa shape index (κ1) is 16.4. The molecular formula is C14H18ClN3O4. The lowest BCUT2D eigenvalue weighted by Gasteiger charge is -2.20. The van der Waals surface area contributed by atoms with Crippen molar-refractivity contribution in [1.29, 1.82) is 0 Å². The summed E-state index contributed by atoms with van der Waals surface area (Å²) >= 11 is 5.89. The van der Waals surface area contributed by atoms with Crippen molar-refractivity contribution in [1.82, 2.24) is 15.2 Å². The Labute approximate surface area is 133 Å². The molecule has 8 heteroatoms. The number of hydrogen-bond acceptors (Lipinski definition) is 4. The predicted octanol–water partition coefficient (Wildman–Crippen LogP) is 1.62. The zero-order valence-electron chi connectivity index (χ0n) is 12.2. The minimum Gasteiger partial charge on any atom is -0.481 e. The van der Waals surface area contributed by atoms with Gasteiger partial charge in [0.15, 0.2) is 0 Å². The lowest BCUT2D eigenvalue weighted by molar-refractivity contribution is -0.147. The average molecular weight is 328 g/mol. The van der Waals surface area contributed by atoms with Crippen LogP contribution in [0.3, 0.4) is 0 Å². The Bertz CT molecular complexity index is 569. The van der Waals surface area contributed by atoms with Crippen LogP contribution in [0.25, 0.3) is 0 Å². The number of hydrogen-bond donors (Lipinski definition) is 2. The van der Waals surface area contributed by atoms with Crippen molar-refractivity contribution in [3.05, 3.63) is 23.4 Å². The molecule has 1 aliphatic rings. The lowest BCUT2D eigenvalue weighted by atomic mass is 9.90. The van der Waals surface area contributed by atoms with Gasteiger partial charge in [-0.25, -0.2) is 9.78 Å². The number of nitrogens with one attached hydrogen (secondary N) is 1. The van der Waals surface area contributed by atoms with Gasteiger partial charge in [0, 0.05) is 19.3 Å². The van der Waals surface area contributed by atoms with Crippen LogP contribution in [0.1, 0.15) is 13.3 Å². The highest BCUT2D eigenvalue weighted by atomic mass is 35.5. The number of halogens is 1. The van der Waals surface area contributed by atoms with E-state index in [0.29, 0.717) is 23.9 Å². The summed E-state index contributed by atoms with van der Waals surface area (Å²) in [5.74, 6) is -0.561. The van der Waals surface area contributed by atoms with E-state index >= 15 is 0 Å². The number of carboxylic acid groups (broad SMARTS) is 1. The van der Waals surface area contributed by atoms with E-state index in [1.807, 2.05) is 0 Å². The summed E-state index contributed by atoms with van der Waals surface area (Å²) in [4.78, 5) is 28.6. The van der Waals surface area contributed by atoms with E-state index in [0.717, 1.165) is 0 Å². The van der Waals surface area contributed by atoms with Gasteiger partial charge in [-0.1, -0.05) is 11.6 Å². The maximum absolute atomic E-state index is 12.0. The van der Waals surface area contributed by atoms with E-state index in [1.54, 1.807) is 25.3 Å². The number of nitrogens with zero attached hydrogens (tertiary/aromatic N) is 2. The van der Waals surface area contributed by atoms with Gasteiger partial charge in [-0.15, -0.1) is 0 Å².